The largest absolute Gasteiger partial charge is 0.496 e. The fourth-order valence-corrected chi connectivity index (χ4v) is 1.98. The van der Waals surface area contributed by atoms with Crippen LogP contribution in [0.5, 0.6) is 5.75 Å². The van der Waals surface area contributed by atoms with Gasteiger partial charge in [-0.1, -0.05) is 0 Å². The van der Waals surface area contributed by atoms with E-state index in [9.17, 15) is 9.50 Å². The molecule has 0 saturated heterocycles. The van der Waals surface area contributed by atoms with E-state index in [1.165, 1.54) is 13.2 Å². The van der Waals surface area contributed by atoms with Gasteiger partial charge in [0.15, 0.2) is 0 Å². The van der Waals surface area contributed by atoms with E-state index in [1.54, 1.807) is 13.0 Å². The Bertz CT molecular complexity index is 383. The highest BCUT2D eigenvalue weighted by Crippen LogP contribution is 2.45. The molecule has 1 aromatic rings. The monoisotopic (exact) mass is 210 g/mol. The summed E-state index contributed by atoms with van der Waals surface area (Å²) in [6.07, 6.45) is 2.47. The Labute approximate surface area is 88.7 Å². The van der Waals surface area contributed by atoms with Crippen LogP contribution in [-0.4, -0.2) is 12.2 Å². The molecular weight excluding hydrogens is 195 g/mol. The molecule has 0 aliphatic heterocycles. The Morgan fingerprint density at radius 1 is 1.40 bits per heavy atom. The number of aliphatic hydroxyl groups is 1. The van der Waals surface area contributed by atoms with E-state index < -0.39 is 5.60 Å². The number of benzene rings is 1. The number of rotatable bonds is 2. The minimum Gasteiger partial charge on any atom is -0.496 e. The van der Waals surface area contributed by atoms with Crippen molar-refractivity contribution in [2.75, 3.05) is 7.11 Å². The van der Waals surface area contributed by atoms with Crippen LogP contribution in [0.4, 0.5) is 4.39 Å². The average Bonchev–Trinajstić information content (AvgIpc) is 2.18. The smallest absolute Gasteiger partial charge is 0.129 e. The maximum atomic E-state index is 13.3. The van der Waals surface area contributed by atoms with Crippen LogP contribution in [0, 0.1) is 12.7 Å². The number of aryl methyl sites for hydroxylation is 1. The van der Waals surface area contributed by atoms with E-state index in [2.05, 4.69) is 0 Å². The zero-order valence-electron chi connectivity index (χ0n) is 9.01. The second-order valence-corrected chi connectivity index (χ2v) is 4.19. The quantitative estimate of drug-likeness (QED) is 0.812. The van der Waals surface area contributed by atoms with Crippen LogP contribution in [-0.2, 0) is 5.60 Å². The van der Waals surface area contributed by atoms with E-state index in [0.717, 1.165) is 24.8 Å². The van der Waals surface area contributed by atoms with Gasteiger partial charge >= 0.3 is 0 Å². The van der Waals surface area contributed by atoms with Gasteiger partial charge in [0.05, 0.1) is 12.7 Å². The predicted molar refractivity (Wildman–Crippen MR) is 55.4 cm³/mol. The van der Waals surface area contributed by atoms with Crippen LogP contribution in [0.15, 0.2) is 12.1 Å². The van der Waals surface area contributed by atoms with Crippen molar-refractivity contribution >= 4 is 0 Å². The minimum absolute atomic E-state index is 0.293. The van der Waals surface area contributed by atoms with Crippen molar-refractivity contribution in [2.45, 2.75) is 31.8 Å². The first-order valence-electron chi connectivity index (χ1n) is 5.14. The fourth-order valence-electron chi connectivity index (χ4n) is 1.98. The number of methoxy groups -OCH3 is 1. The van der Waals surface area contributed by atoms with Gasteiger partial charge in [0.2, 0.25) is 0 Å². The molecular formula is C12H15FO2. The first-order valence-corrected chi connectivity index (χ1v) is 5.14. The number of hydrogen-bond acceptors (Lipinski definition) is 2. The molecule has 0 radical (unpaired) electrons. The van der Waals surface area contributed by atoms with Crippen LogP contribution in [0.25, 0.3) is 0 Å². The molecule has 82 valence electrons. The molecule has 0 bridgehead atoms. The molecule has 3 heteroatoms. The Kier molecular flexibility index (Phi) is 2.43. The summed E-state index contributed by atoms with van der Waals surface area (Å²) in [5.74, 6) is 0.152. The molecule has 0 heterocycles. The molecule has 1 aliphatic carbocycles. The van der Waals surface area contributed by atoms with Crippen molar-refractivity contribution in [3.63, 3.8) is 0 Å². The molecule has 0 amide bonds. The van der Waals surface area contributed by atoms with E-state index in [-0.39, 0.29) is 5.82 Å². The van der Waals surface area contributed by atoms with Crippen LogP contribution in [0.2, 0.25) is 0 Å². The lowest BCUT2D eigenvalue weighted by molar-refractivity contribution is -0.0405. The zero-order chi connectivity index (χ0) is 11.1. The van der Waals surface area contributed by atoms with Crippen LogP contribution in [0.3, 0.4) is 0 Å². The molecule has 1 saturated carbocycles. The average molecular weight is 210 g/mol. The molecule has 0 aromatic heterocycles. The van der Waals surface area contributed by atoms with Gasteiger partial charge in [0, 0.05) is 11.6 Å². The summed E-state index contributed by atoms with van der Waals surface area (Å²) >= 11 is 0. The maximum Gasteiger partial charge on any atom is 0.129 e. The van der Waals surface area contributed by atoms with Gasteiger partial charge in [-0.05, 0) is 37.8 Å². The van der Waals surface area contributed by atoms with E-state index in [1.807, 2.05) is 0 Å². The SMILES string of the molecule is COc1cc(F)c(C)cc1C1(O)CCC1. The summed E-state index contributed by atoms with van der Waals surface area (Å²) in [7, 11) is 1.50. The van der Waals surface area contributed by atoms with Gasteiger partial charge in [-0.15, -0.1) is 0 Å². The molecule has 15 heavy (non-hydrogen) atoms. The van der Waals surface area contributed by atoms with Crippen molar-refractivity contribution in [3.8, 4) is 5.75 Å². The lowest BCUT2D eigenvalue weighted by atomic mass is 9.74. The van der Waals surface area contributed by atoms with Crippen molar-refractivity contribution in [1.29, 1.82) is 0 Å². The Hall–Kier alpha value is -1.09. The molecule has 0 atom stereocenters. The summed E-state index contributed by atoms with van der Waals surface area (Å²) in [5, 5.41) is 10.2. The second-order valence-electron chi connectivity index (χ2n) is 4.19. The van der Waals surface area contributed by atoms with Crippen molar-refractivity contribution < 1.29 is 14.2 Å². The Balaban J connectivity index is 2.49. The lowest BCUT2D eigenvalue weighted by Gasteiger charge is -2.38. The maximum absolute atomic E-state index is 13.3. The number of ether oxygens (including phenoxy) is 1. The highest BCUT2D eigenvalue weighted by atomic mass is 19.1. The summed E-state index contributed by atoms with van der Waals surface area (Å²) < 4.78 is 18.4. The minimum atomic E-state index is -0.802. The zero-order valence-corrected chi connectivity index (χ0v) is 9.01. The standard InChI is InChI=1S/C12H15FO2/c1-8-6-9(12(14)4-3-5-12)11(15-2)7-10(8)13/h6-7,14H,3-5H2,1-2H3. The Morgan fingerprint density at radius 2 is 2.07 bits per heavy atom. The van der Waals surface area contributed by atoms with Crippen LogP contribution in [0.1, 0.15) is 30.4 Å². The third-order valence-corrected chi connectivity index (χ3v) is 3.16. The molecule has 1 N–H and O–H groups in total. The van der Waals surface area contributed by atoms with E-state index in [4.69, 9.17) is 4.74 Å². The third kappa shape index (κ3) is 1.61. The topological polar surface area (TPSA) is 29.5 Å². The molecule has 1 aromatic carbocycles. The summed E-state index contributed by atoms with van der Waals surface area (Å²) in [5.41, 5.74) is 0.463. The van der Waals surface area contributed by atoms with Gasteiger partial charge in [0.1, 0.15) is 11.6 Å². The predicted octanol–water partition coefficient (Wildman–Crippen LogP) is 2.51. The second kappa shape index (κ2) is 3.49. The first-order chi connectivity index (χ1) is 7.07. The van der Waals surface area contributed by atoms with Gasteiger partial charge in [0.25, 0.3) is 0 Å². The van der Waals surface area contributed by atoms with Crippen LogP contribution >= 0.6 is 0 Å². The molecule has 1 aliphatic rings. The van der Waals surface area contributed by atoms with Gasteiger partial charge in [-0.2, -0.15) is 0 Å². The third-order valence-electron chi connectivity index (χ3n) is 3.16. The van der Waals surface area contributed by atoms with Crippen LogP contribution < -0.4 is 4.74 Å². The van der Waals surface area contributed by atoms with E-state index in [0.29, 0.717) is 11.3 Å². The number of hydrogen-bond donors (Lipinski definition) is 1. The number of halogens is 1. The molecule has 0 unspecified atom stereocenters. The summed E-state index contributed by atoms with van der Waals surface area (Å²) in [6.45, 7) is 1.69. The van der Waals surface area contributed by atoms with Gasteiger partial charge in [-0.3, -0.25) is 0 Å². The molecule has 2 nitrogen and oxygen atoms in total. The van der Waals surface area contributed by atoms with Gasteiger partial charge < -0.3 is 9.84 Å². The normalized spacial score (nSPS) is 18.4. The van der Waals surface area contributed by atoms with E-state index >= 15 is 0 Å². The molecule has 2 rings (SSSR count). The lowest BCUT2D eigenvalue weighted by Crippen LogP contribution is -2.34. The molecule has 1 fully saturated rings. The molecule has 0 spiro atoms. The summed E-state index contributed by atoms with van der Waals surface area (Å²) in [4.78, 5) is 0. The first kappa shape index (κ1) is 10.4. The van der Waals surface area contributed by atoms with Crippen molar-refractivity contribution in [2.24, 2.45) is 0 Å². The van der Waals surface area contributed by atoms with Gasteiger partial charge in [-0.25, -0.2) is 4.39 Å². The Morgan fingerprint density at radius 3 is 2.53 bits per heavy atom. The summed E-state index contributed by atoms with van der Waals surface area (Å²) in [6, 6.07) is 3.04. The highest BCUT2D eigenvalue weighted by Gasteiger charge is 2.38. The highest BCUT2D eigenvalue weighted by molar-refractivity contribution is 5.42. The van der Waals surface area contributed by atoms with Crippen molar-refractivity contribution in [3.05, 3.63) is 29.1 Å². The fraction of sp³-hybridized carbons (Fsp3) is 0.500. The van der Waals surface area contributed by atoms with Crippen molar-refractivity contribution in [1.82, 2.24) is 0 Å².